The molecular weight excluding hydrogens is 399 g/mol. The lowest BCUT2D eigenvalue weighted by atomic mass is 10.2. The number of carbonyl (C=O) groups is 2. The number of carbonyl (C=O) groups excluding carboxylic acids is 2. The Morgan fingerprint density at radius 2 is 1.82 bits per heavy atom. The van der Waals surface area contributed by atoms with E-state index in [-0.39, 0.29) is 24.2 Å². The number of halogens is 2. The van der Waals surface area contributed by atoms with Crippen molar-refractivity contribution in [2.24, 2.45) is 0 Å². The molecule has 0 saturated carbocycles. The molecule has 0 fully saturated rings. The summed E-state index contributed by atoms with van der Waals surface area (Å²) in [5.41, 5.74) is 1.96. The zero-order chi connectivity index (χ0) is 20.7. The number of hydrogen-bond donors (Lipinski definition) is 0. The van der Waals surface area contributed by atoms with Crippen LogP contribution in [0, 0.1) is 12.7 Å². The van der Waals surface area contributed by atoms with Crippen molar-refractivity contribution in [1.29, 1.82) is 0 Å². The molecule has 7 heteroatoms. The second-order valence-electron chi connectivity index (χ2n) is 6.78. The molecule has 1 aromatic carbocycles. The Hall–Kier alpha value is -1.92. The van der Waals surface area contributed by atoms with E-state index in [1.165, 1.54) is 17.0 Å². The normalized spacial score (nSPS) is 11.9. The van der Waals surface area contributed by atoms with E-state index in [9.17, 15) is 14.0 Å². The van der Waals surface area contributed by atoms with Gasteiger partial charge in [0, 0.05) is 18.0 Å². The lowest BCUT2D eigenvalue weighted by Gasteiger charge is -2.28. The molecule has 1 aromatic heterocycles. The Bertz CT molecular complexity index is 792. The van der Waals surface area contributed by atoms with Crippen molar-refractivity contribution >= 4 is 34.8 Å². The molecule has 0 bridgehead atoms. The number of thiophene rings is 1. The smallest absolute Gasteiger partial charge is 0.242 e. The third-order valence-electron chi connectivity index (χ3n) is 4.41. The Morgan fingerprint density at radius 1 is 1.14 bits per heavy atom. The molecule has 28 heavy (non-hydrogen) atoms. The van der Waals surface area contributed by atoms with Crippen molar-refractivity contribution in [3.05, 3.63) is 57.5 Å². The standard InChI is InChI=1S/C21H26ClFN2O2S/c1-4-10-24(21(27)16(3)22)14-20(26)25(13-19-15(2)9-11-28-19)12-17-5-7-18(23)8-6-17/h5-9,11,16H,4,10,12-14H2,1-3H3. The van der Waals surface area contributed by atoms with E-state index >= 15 is 0 Å². The highest BCUT2D eigenvalue weighted by Gasteiger charge is 2.24. The van der Waals surface area contributed by atoms with Crippen molar-refractivity contribution in [2.75, 3.05) is 13.1 Å². The molecule has 2 amide bonds. The molecule has 152 valence electrons. The minimum atomic E-state index is -0.676. The van der Waals surface area contributed by atoms with Crippen LogP contribution in [0.2, 0.25) is 0 Å². The van der Waals surface area contributed by atoms with Crippen LogP contribution < -0.4 is 0 Å². The maximum absolute atomic E-state index is 13.2. The van der Waals surface area contributed by atoms with Crippen LogP contribution >= 0.6 is 22.9 Å². The average molecular weight is 425 g/mol. The molecule has 4 nitrogen and oxygen atoms in total. The Labute approximate surface area is 174 Å². The highest BCUT2D eigenvalue weighted by Crippen LogP contribution is 2.20. The number of aryl methyl sites for hydroxylation is 1. The molecule has 2 aromatic rings. The summed E-state index contributed by atoms with van der Waals surface area (Å²) in [5, 5.41) is 1.32. The van der Waals surface area contributed by atoms with E-state index in [1.54, 1.807) is 35.3 Å². The van der Waals surface area contributed by atoms with Crippen molar-refractivity contribution in [3.63, 3.8) is 0 Å². The Balaban J connectivity index is 2.20. The SMILES string of the molecule is CCCN(CC(=O)N(Cc1ccc(F)cc1)Cc1sccc1C)C(=O)C(C)Cl. The largest absolute Gasteiger partial charge is 0.332 e. The molecule has 0 aliphatic carbocycles. The van der Waals surface area contributed by atoms with Crippen molar-refractivity contribution in [2.45, 2.75) is 45.7 Å². The molecule has 0 aliphatic rings. The summed E-state index contributed by atoms with van der Waals surface area (Å²) >= 11 is 7.55. The maximum atomic E-state index is 13.2. The number of rotatable bonds is 9. The summed E-state index contributed by atoms with van der Waals surface area (Å²) in [4.78, 5) is 29.7. The third kappa shape index (κ3) is 6.31. The Kier molecular flexibility index (Phi) is 8.45. The second-order valence-corrected chi connectivity index (χ2v) is 8.43. The molecule has 1 heterocycles. The van der Waals surface area contributed by atoms with Crippen molar-refractivity contribution in [1.82, 2.24) is 9.80 Å². The first-order valence-corrected chi connectivity index (χ1v) is 10.6. The molecule has 0 N–H and O–H groups in total. The van der Waals surface area contributed by atoms with Gasteiger partial charge in [-0.2, -0.15) is 0 Å². The predicted molar refractivity (Wildman–Crippen MR) is 112 cm³/mol. The van der Waals surface area contributed by atoms with Crippen LogP contribution in [0.5, 0.6) is 0 Å². The van der Waals surface area contributed by atoms with Crippen LogP contribution in [0.15, 0.2) is 35.7 Å². The van der Waals surface area contributed by atoms with Crippen LogP contribution in [0.3, 0.4) is 0 Å². The molecule has 1 unspecified atom stereocenters. The Morgan fingerprint density at radius 3 is 2.36 bits per heavy atom. The summed E-state index contributed by atoms with van der Waals surface area (Å²) in [5.74, 6) is -0.714. The van der Waals surface area contributed by atoms with Gasteiger partial charge in [0.2, 0.25) is 11.8 Å². The van der Waals surface area contributed by atoms with Crippen LogP contribution in [0.25, 0.3) is 0 Å². The van der Waals surface area contributed by atoms with Gasteiger partial charge in [0.25, 0.3) is 0 Å². The lowest BCUT2D eigenvalue weighted by molar-refractivity contribution is -0.141. The summed E-state index contributed by atoms with van der Waals surface area (Å²) in [7, 11) is 0. The highest BCUT2D eigenvalue weighted by molar-refractivity contribution is 7.10. The van der Waals surface area contributed by atoms with E-state index < -0.39 is 5.38 Å². The minimum absolute atomic E-state index is 0.0185. The third-order valence-corrected chi connectivity index (χ3v) is 5.61. The highest BCUT2D eigenvalue weighted by atomic mass is 35.5. The summed E-state index contributed by atoms with van der Waals surface area (Å²) in [6.45, 7) is 6.83. The van der Waals surface area contributed by atoms with E-state index in [2.05, 4.69) is 0 Å². The topological polar surface area (TPSA) is 40.6 Å². The molecule has 0 saturated heterocycles. The molecule has 0 aliphatic heterocycles. The minimum Gasteiger partial charge on any atom is -0.332 e. The van der Waals surface area contributed by atoms with Gasteiger partial charge >= 0.3 is 0 Å². The number of amides is 2. The van der Waals surface area contributed by atoms with Gasteiger partial charge in [0.05, 0.1) is 13.1 Å². The average Bonchev–Trinajstić information content (AvgIpc) is 3.06. The van der Waals surface area contributed by atoms with Gasteiger partial charge in [-0.05, 0) is 55.0 Å². The number of nitrogens with zero attached hydrogens (tertiary/aromatic N) is 2. The van der Waals surface area contributed by atoms with Crippen molar-refractivity contribution < 1.29 is 14.0 Å². The monoisotopic (exact) mass is 424 g/mol. The van der Waals surface area contributed by atoms with Gasteiger partial charge in [-0.15, -0.1) is 22.9 Å². The molecule has 2 rings (SSSR count). The quantitative estimate of drug-likeness (QED) is 0.552. The van der Waals surface area contributed by atoms with E-state index in [1.807, 2.05) is 25.3 Å². The van der Waals surface area contributed by atoms with Crippen LogP contribution in [-0.4, -0.2) is 40.1 Å². The zero-order valence-electron chi connectivity index (χ0n) is 16.5. The van der Waals surface area contributed by atoms with Crippen LogP contribution in [0.1, 0.15) is 36.3 Å². The van der Waals surface area contributed by atoms with Gasteiger partial charge < -0.3 is 9.80 Å². The molecular formula is C21H26ClFN2O2S. The summed E-state index contributed by atoms with van der Waals surface area (Å²) in [6, 6.07) is 8.13. The van der Waals surface area contributed by atoms with Crippen molar-refractivity contribution in [3.8, 4) is 0 Å². The second kappa shape index (κ2) is 10.6. The van der Waals surface area contributed by atoms with E-state index in [0.717, 1.165) is 22.4 Å². The first-order chi connectivity index (χ1) is 13.3. The number of hydrogen-bond acceptors (Lipinski definition) is 3. The maximum Gasteiger partial charge on any atom is 0.242 e. The summed E-state index contributed by atoms with van der Waals surface area (Å²) < 4.78 is 13.2. The fraction of sp³-hybridized carbons (Fsp3) is 0.429. The van der Waals surface area contributed by atoms with Gasteiger partial charge in [-0.1, -0.05) is 19.1 Å². The predicted octanol–water partition coefficient (Wildman–Crippen LogP) is 4.59. The van der Waals surface area contributed by atoms with E-state index in [4.69, 9.17) is 11.6 Å². The number of benzene rings is 1. The molecule has 0 spiro atoms. The fourth-order valence-corrected chi connectivity index (χ4v) is 3.89. The zero-order valence-corrected chi connectivity index (χ0v) is 18.0. The molecule has 0 radical (unpaired) electrons. The first kappa shape index (κ1) is 22.4. The summed E-state index contributed by atoms with van der Waals surface area (Å²) in [6.07, 6.45) is 0.741. The van der Waals surface area contributed by atoms with Gasteiger partial charge in [0.15, 0.2) is 0 Å². The van der Waals surface area contributed by atoms with E-state index in [0.29, 0.717) is 19.6 Å². The first-order valence-electron chi connectivity index (χ1n) is 9.29. The van der Waals surface area contributed by atoms with Gasteiger partial charge in [-0.25, -0.2) is 4.39 Å². The van der Waals surface area contributed by atoms with Gasteiger partial charge in [-0.3, -0.25) is 9.59 Å². The fourth-order valence-electron chi connectivity index (χ4n) is 2.83. The van der Waals surface area contributed by atoms with Gasteiger partial charge in [0.1, 0.15) is 11.2 Å². The number of alkyl halides is 1. The van der Waals surface area contributed by atoms with Crippen LogP contribution in [-0.2, 0) is 22.7 Å². The lowest BCUT2D eigenvalue weighted by Crippen LogP contribution is -2.44. The van der Waals surface area contributed by atoms with Crippen LogP contribution in [0.4, 0.5) is 4.39 Å². The molecule has 1 atom stereocenters.